The summed E-state index contributed by atoms with van der Waals surface area (Å²) in [5.74, 6) is 2.48. The SMILES string of the molecule is CNC(=O)C1CCC(n2ccc3c(N)nc(-c4ccc5ccc(Oc6ccccc6)nc5c4)nc32)CC1. The summed E-state index contributed by atoms with van der Waals surface area (Å²) in [6.07, 6.45) is 5.61. The van der Waals surface area contributed by atoms with Crippen LogP contribution in [-0.4, -0.2) is 32.5 Å². The molecule has 3 N–H and O–H groups in total. The number of carbonyl (C=O) groups is 1. The molecule has 37 heavy (non-hydrogen) atoms. The molecule has 0 aliphatic heterocycles. The number of hydrogen-bond donors (Lipinski definition) is 2. The van der Waals surface area contributed by atoms with Gasteiger partial charge in [-0.15, -0.1) is 0 Å². The number of amides is 1. The highest BCUT2D eigenvalue weighted by Crippen LogP contribution is 2.36. The highest BCUT2D eigenvalue weighted by atomic mass is 16.5. The third-order valence-electron chi connectivity index (χ3n) is 7.20. The van der Waals surface area contributed by atoms with E-state index in [0.717, 1.165) is 58.9 Å². The lowest BCUT2D eigenvalue weighted by Gasteiger charge is -2.28. The Labute approximate surface area is 214 Å². The number of nitrogens with one attached hydrogen (secondary N) is 1. The number of benzene rings is 2. The van der Waals surface area contributed by atoms with E-state index in [2.05, 4.69) is 14.9 Å². The maximum absolute atomic E-state index is 12.1. The molecular weight excluding hydrogens is 464 g/mol. The van der Waals surface area contributed by atoms with Crippen LogP contribution >= 0.6 is 0 Å². The van der Waals surface area contributed by atoms with Crippen molar-refractivity contribution in [1.29, 1.82) is 0 Å². The van der Waals surface area contributed by atoms with Gasteiger partial charge in [-0.3, -0.25) is 4.79 Å². The van der Waals surface area contributed by atoms with E-state index in [1.807, 2.05) is 72.9 Å². The van der Waals surface area contributed by atoms with E-state index in [9.17, 15) is 4.79 Å². The Morgan fingerprint density at radius 2 is 1.76 bits per heavy atom. The van der Waals surface area contributed by atoms with Gasteiger partial charge in [-0.05, 0) is 56.0 Å². The molecule has 1 aliphatic carbocycles. The van der Waals surface area contributed by atoms with Gasteiger partial charge in [-0.2, -0.15) is 0 Å². The summed E-state index contributed by atoms with van der Waals surface area (Å²) >= 11 is 0. The number of nitrogens with zero attached hydrogens (tertiary/aromatic N) is 4. The van der Waals surface area contributed by atoms with Crippen molar-refractivity contribution in [3.05, 3.63) is 72.9 Å². The molecule has 5 aromatic rings. The summed E-state index contributed by atoms with van der Waals surface area (Å²) < 4.78 is 8.12. The average Bonchev–Trinajstić information content (AvgIpc) is 3.37. The smallest absolute Gasteiger partial charge is 0.222 e. The van der Waals surface area contributed by atoms with Gasteiger partial charge in [-0.25, -0.2) is 15.0 Å². The standard InChI is InChI=1S/C29H28N6O2/c1-31-29(36)19-9-12-21(13-10-19)35-16-15-23-26(30)33-27(34-28(23)35)20-8-7-18-11-14-25(32-24(18)17-20)37-22-5-3-2-4-6-22/h2-8,11,14-17,19,21H,9-10,12-13H2,1H3,(H,31,36)(H2,30,33,34). The lowest BCUT2D eigenvalue weighted by Crippen LogP contribution is -2.31. The van der Waals surface area contributed by atoms with Gasteiger partial charge in [0, 0.05) is 42.2 Å². The molecule has 8 nitrogen and oxygen atoms in total. The fraction of sp³-hybridized carbons (Fsp3) is 0.241. The van der Waals surface area contributed by atoms with Crippen LogP contribution in [0.2, 0.25) is 0 Å². The third kappa shape index (κ3) is 4.46. The number of nitrogen functional groups attached to an aromatic ring is 1. The molecule has 0 radical (unpaired) electrons. The van der Waals surface area contributed by atoms with E-state index in [1.165, 1.54) is 0 Å². The summed E-state index contributed by atoms with van der Waals surface area (Å²) in [6, 6.07) is 21.7. The summed E-state index contributed by atoms with van der Waals surface area (Å²) in [4.78, 5) is 26.3. The van der Waals surface area contributed by atoms with E-state index in [4.69, 9.17) is 20.4 Å². The number of rotatable bonds is 5. The fourth-order valence-electron chi connectivity index (χ4n) is 5.20. The van der Waals surface area contributed by atoms with Crippen molar-refractivity contribution in [3.8, 4) is 23.0 Å². The Morgan fingerprint density at radius 3 is 2.54 bits per heavy atom. The molecule has 3 heterocycles. The third-order valence-corrected chi connectivity index (χ3v) is 7.20. The average molecular weight is 493 g/mol. The van der Waals surface area contributed by atoms with Crippen molar-refractivity contribution in [2.75, 3.05) is 12.8 Å². The predicted molar refractivity (Wildman–Crippen MR) is 144 cm³/mol. The summed E-state index contributed by atoms with van der Waals surface area (Å²) in [7, 11) is 1.70. The van der Waals surface area contributed by atoms with Crippen molar-refractivity contribution in [2.45, 2.75) is 31.7 Å². The van der Waals surface area contributed by atoms with Gasteiger partial charge < -0.3 is 20.4 Å². The molecule has 1 aliphatic rings. The molecule has 1 fully saturated rings. The minimum absolute atomic E-state index is 0.0826. The number of ether oxygens (including phenoxy) is 1. The number of hydrogen-bond acceptors (Lipinski definition) is 6. The largest absolute Gasteiger partial charge is 0.439 e. The summed E-state index contributed by atoms with van der Waals surface area (Å²) in [5.41, 5.74) is 8.83. The first-order valence-corrected chi connectivity index (χ1v) is 12.6. The van der Waals surface area contributed by atoms with Crippen LogP contribution < -0.4 is 15.8 Å². The lowest BCUT2D eigenvalue weighted by atomic mass is 9.85. The highest BCUT2D eigenvalue weighted by Gasteiger charge is 2.27. The number of anilines is 1. The normalized spacial score (nSPS) is 17.6. The molecular formula is C29H28N6O2. The van der Waals surface area contributed by atoms with Gasteiger partial charge in [0.15, 0.2) is 5.82 Å². The van der Waals surface area contributed by atoms with Crippen LogP contribution in [0.15, 0.2) is 72.9 Å². The van der Waals surface area contributed by atoms with Gasteiger partial charge in [0.25, 0.3) is 0 Å². The van der Waals surface area contributed by atoms with Crippen LogP contribution in [0.3, 0.4) is 0 Å². The topological polar surface area (TPSA) is 108 Å². The second kappa shape index (κ2) is 9.54. The predicted octanol–water partition coefficient (Wildman–Crippen LogP) is 5.50. The van der Waals surface area contributed by atoms with Crippen LogP contribution in [0.5, 0.6) is 11.6 Å². The Hall–Kier alpha value is -4.46. The Balaban J connectivity index is 1.32. The van der Waals surface area contributed by atoms with Crippen LogP contribution in [0, 0.1) is 5.92 Å². The van der Waals surface area contributed by atoms with E-state index in [-0.39, 0.29) is 17.9 Å². The second-order valence-electron chi connectivity index (χ2n) is 9.48. The number of aromatic nitrogens is 4. The van der Waals surface area contributed by atoms with Crippen molar-refractivity contribution < 1.29 is 9.53 Å². The molecule has 1 amide bonds. The highest BCUT2D eigenvalue weighted by molar-refractivity contribution is 5.89. The van der Waals surface area contributed by atoms with Crippen molar-refractivity contribution >= 4 is 33.7 Å². The molecule has 8 heteroatoms. The van der Waals surface area contributed by atoms with Gasteiger partial charge in [0.1, 0.15) is 17.2 Å². The first-order chi connectivity index (χ1) is 18.1. The number of pyridine rings is 1. The monoisotopic (exact) mass is 492 g/mol. The lowest BCUT2D eigenvalue weighted by molar-refractivity contribution is -0.125. The van der Waals surface area contributed by atoms with Crippen LogP contribution in [0.1, 0.15) is 31.7 Å². The number of nitrogens with two attached hydrogens (primary N) is 1. The van der Waals surface area contributed by atoms with E-state index in [0.29, 0.717) is 17.5 Å². The fourth-order valence-corrected chi connectivity index (χ4v) is 5.20. The van der Waals surface area contributed by atoms with Gasteiger partial charge in [0.05, 0.1) is 10.9 Å². The molecule has 186 valence electrons. The zero-order valence-electron chi connectivity index (χ0n) is 20.6. The zero-order chi connectivity index (χ0) is 25.4. The van der Waals surface area contributed by atoms with E-state index < -0.39 is 0 Å². The Kier molecular flexibility index (Phi) is 5.92. The molecule has 0 unspecified atom stereocenters. The maximum Gasteiger partial charge on any atom is 0.222 e. The van der Waals surface area contributed by atoms with E-state index >= 15 is 0 Å². The molecule has 1 saturated carbocycles. The Morgan fingerprint density at radius 1 is 0.973 bits per heavy atom. The number of fused-ring (bicyclic) bond motifs is 2. The van der Waals surface area contributed by atoms with Gasteiger partial charge >= 0.3 is 0 Å². The quantitative estimate of drug-likeness (QED) is 0.335. The van der Waals surface area contributed by atoms with Crippen LogP contribution in [0.25, 0.3) is 33.3 Å². The first-order valence-electron chi connectivity index (χ1n) is 12.6. The molecule has 0 atom stereocenters. The maximum atomic E-state index is 12.1. The number of carbonyl (C=O) groups excluding carboxylic acids is 1. The Bertz CT molecular complexity index is 1590. The molecule has 0 spiro atoms. The summed E-state index contributed by atoms with van der Waals surface area (Å²) in [6.45, 7) is 0. The van der Waals surface area contributed by atoms with Crippen molar-refractivity contribution in [1.82, 2.24) is 24.8 Å². The molecule has 0 saturated heterocycles. The zero-order valence-corrected chi connectivity index (χ0v) is 20.6. The second-order valence-corrected chi connectivity index (χ2v) is 9.48. The van der Waals surface area contributed by atoms with Crippen LogP contribution in [0.4, 0.5) is 5.82 Å². The van der Waals surface area contributed by atoms with Crippen LogP contribution in [-0.2, 0) is 4.79 Å². The molecule has 3 aromatic heterocycles. The number of para-hydroxylation sites is 1. The minimum Gasteiger partial charge on any atom is -0.439 e. The molecule has 2 aromatic carbocycles. The van der Waals surface area contributed by atoms with Gasteiger partial charge in [-0.1, -0.05) is 30.3 Å². The minimum atomic E-state index is 0.0826. The summed E-state index contributed by atoms with van der Waals surface area (Å²) in [5, 5.41) is 4.62. The van der Waals surface area contributed by atoms with Crippen molar-refractivity contribution in [3.63, 3.8) is 0 Å². The molecule has 0 bridgehead atoms. The molecule has 6 rings (SSSR count). The van der Waals surface area contributed by atoms with Gasteiger partial charge in [0.2, 0.25) is 11.8 Å². The van der Waals surface area contributed by atoms with Crippen molar-refractivity contribution in [2.24, 2.45) is 5.92 Å². The first kappa shape index (κ1) is 23.0. The van der Waals surface area contributed by atoms with E-state index in [1.54, 1.807) is 7.05 Å².